The number of fused-ring (bicyclic) bond motifs is 2. The quantitative estimate of drug-likeness (QED) is 0.350. The van der Waals surface area contributed by atoms with Crippen LogP contribution in [-0.2, 0) is 4.74 Å². The van der Waals surface area contributed by atoms with E-state index in [1.165, 1.54) is 35.6 Å². The van der Waals surface area contributed by atoms with Crippen LogP contribution in [0.3, 0.4) is 0 Å². The number of nitrogens with zero attached hydrogens (tertiary/aromatic N) is 1. The molecular weight excluding hydrogens is 443 g/mol. The average molecular weight is 471 g/mol. The zero-order chi connectivity index (χ0) is 24.4. The summed E-state index contributed by atoms with van der Waals surface area (Å²) in [5.41, 5.74) is 2.80. The molecule has 2 unspecified atom stereocenters. The van der Waals surface area contributed by atoms with Crippen LogP contribution in [0.5, 0.6) is 5.75 Å². The first-order valence-electron chi connectivity index (χ1n) is 11.7. The van der Waals surface area contributed by atoms with Crippen LogP contribution in [0.2, 0.25) is 0 Å². The van der Waals surface area contributed by atoms with Crippen molar-refractivity contribution in [3.63, 3.8) is 0 Å². The van der Waals surface area contributed by atoms with E-state index in [2.05, 4.69) is 48.6 Å². The monoisotopic (exact) mass is 470 g/mol. The molecule has 4 aromatic carbocycles. The number of hydrogen-bond donors (Lipinski definition) is 1. The van der Waals surface area contributed by atoms with E-state index in [0.717, 1.165) is 5.69 Å². The predicted octanol–water partition coefficient (Wildman–Crippen LogP) is 6.02. The summed E-state index contributed by atoms with van der Waals surface area (Å²) >= 11 is 0. The van der Waals surface area contributed by atoms with E-state index in [1.807, 2.05) is 35.2 Å². The lowest BCUT2D eigenvalue weighted by Gasteiger charge is -2.37. The van der Waals surface area contributed by atoms with Crippen molar-refractivity contribution in [2.45, 2.75) is 19.1 Å². The maximum atomic E-state index is 14.4. The van der Waals surface area contributed by atoms with Crippen LogP contribution < -0.4 is 15.0 Å². The molecule has 1 N–H and O–H groups in total. The van der Waals surface area contributed by atoms with Gasteiger partial charge in [-0.25, -0.2) is 9.18 Å². The van der Waals surface area contributed by atoms with Crippen LogP contribution in [0.25, 0.3) is 10.8 Å². The first kappa shape index (κ1) is 22.9. The third kappa shape index (κ3) is 4.70. The van der Waals surface area contributed by atoms with Gasteiger partial charge >= 0.3 is 5.97 Å². The van der Waals surface area contributed by atoms with Crippen molar-refractivity contribution in [2.24, 2.45) is 0 Å². The first-order chi connectivity index (χ1) is 17.0. The fourth-order valence-electron chi connectivity index (χ4n) is 4.66. The summed E-state index contributed by atoms with van der Waals surface area (Å²) in [7, 11) is 1.29. The Bertz CT molecular complexity index is 1370. The molecule has 5 nitrogen and oxygen atoms in total. The van der Waals surface area contributed by atoms with E-state index < -0.39 is 11.8 Å². The van der Waals surface area contributed by atoms with Crippen molar-refractivity contribution in [1.82, 2.24) is 5.32 Å². The number of nitrogens with one attached hydrogen (secondary N) is 1. The van der Waals surface area contributed by atoms with Gasteiger partial charge in [-0.1, -0.05) is 54.6 Å². The number of carbonyl (C=O) groups excluding carboxylic acids is 1. The van der Waals surface area contributed by atoms with Gasteiger partial charge in [0.1, 0.15) is 17.7 Å². The topological polar surface area (TPSA) is 50.8 Å². The second-order valence-electron chi connectivity index (χ2n) is 8.71. The van der Waals surface area contributed by atoms with E-state index in [4.69, 9.17) is 9.47 Å². The summed E-state index contributed by atoms with van der Waals surface area (Å²) in [4.78, 5) is 14.1. The second kappa shape index (κ2) is 9.76. The van der Waals surface area contributed by atoms with Gasteiger partial charge in [-0.15, -0.1) is 0 Å². The molecule has 0 amide bonds. The standard InChI is InChI=1S/C29H27FN2O3/c1-19(25-11-7-9-20-8-3-4-10-26(20)25)31-17-24-18-32(27-12-5-6-13-28(27)35-24)23-15-21(29(33)34-2)14-22(30)16-23/h3-16,19,24,31H,17-18H2,1-2H3. The maximum Gasteiger partial charge on any atom is 0.338 e. The molecule has 0 bridgehead atoms. The largest absolute Gasteiger partial charge is 0.485 e. The lowest BCUT2D eigenvalue weighted by Crippen LogP contribution is -2.44. The minimum Gasteiger partial charge on any atom is -0.485 e. The number of methoxy groups -OCH3 is 1. The van der Waals surface area contributed by atoms with Crippen LogP contribution in [0.1, 0.15) is 28.9 Å². The van der Waals surface area contributed by atoms with Crippen molar-refractivity contribution in [3.8, 4) is 5.75 Å². The molecule has 4 aromatic rings. The Balaban J connectivity index is 1.39. The zero-order valence-electron chi connectivity index (χ0n) is 19.7. The molecule has 1 heterocycles. The van der Waals surface area contributed by atoms with Crippen LogP contribution >= 0.6 is 0 Å². The molecular formula is C29H27FN2O3. The fraction of sp³-hybridized carbons (Fsp3) is 0.207. The minimum absolute atomic E-state index is 0.107. The molecule has 1 aliphatic heterocycles. The number of hydrogen-bond acceptors (Lipinski definition) is 5. The van der Waals surface area contributed by atoms with Crippen molar-refractivity contribution in [2.75, 3.05) is 25.1 Å². The van der Waals surface area contributed by atoms with Gasteiger partial charge in [0.05, 0.1) is 24.9 Å². The highest BCUT2D eigenvalue weighted by atomic mass is 19.1. The number of carbonyl (C=O) groups is 1. The number of esters is 1. The number of benzene rings is 4. The SMILES string of the molecule is COC(=O)c1cc(F)cc(N2CC(CNC(C)c3cccc4ccccc34)Oc3ccccc32)c1. The van der Waals surface area contributed by atoms with Crippen molar-refractivity contribution in [1.29, 1.82) is 0 Å². The highest BCUT2D eigenvalue weighted by molar-refractivity contribution is 5.91. The molecule has 178 valence electrons. The molecule has 0 radical (unpaired) electrons. The molecule has 1 aliphatic rings. The maximum absolute atomic E-state index is 14.4. The van der Waals surface area contributed by atoms with Gasteiger partial charge in [-0.2, -0.15) is 0 Å². The molecule has 2 atom stereocenters. The van der Waals surface area contributed by atoms with Gasteiger partial charge < -0.3 is 19.7 Å². The number of ether oxygens (including phenoxy) is 2. The smallest absolute Gasteiger partial charge is 0.338 e. The lowest BCUT2D eigenvalue weighted by atomic mass is 9.99. The van der Waals surface area contributed by atoms with Gasteiger partial charge in [0.25, 0.3) is 0 Å². The summed E-state index contributed by atoms with van der Waals surface area (Å²) in [5, 5.41) is 6.05. The zero-order valence-corrected chi connectivity index (χ0v) is 19.7. The number of para-hydroxylation sites is 2. The Morgan fingerprint density at radius 1 is 1.09 bits per heavy atom. The van der Waals surface area contributed by atoms with Crippen molar-refractivity contribution in [3.05, 3.63) is 102 Å². The summed E-state index contributed by atoms with van der Waals surface area (Å²) < 4.78 is 25.5. The molecule has 35 heavy (non-hydrogen) atoms. The Labute approximate surface area is 204 Å². The van der Waals surface area contributed by atoms with Gasteiger partial charge in [-0.3, -0.25) is 0 Å². The van der Waals surface area contributed by atoms with E-state index in [-0.39, 0.29) is 17.7 Å². The first-order valence-corrected chi connectivity index (χ1v) is 11.7. The Morgan fingerprint density at radius 3 is 2.71 bits per heavy atom. The number of halogens is 1. The number of anilines is 2. The highest BCUT2D eigenvalue weighted by Crippen LogP contribution is 2.38. The van der Waals surface area contributed by atoms with E-state index in [1.54, 1.807) is 6.07 Å². The second-order valence-corrected chi connectivity index (χ2v) is 8.71. The van der Waals surface area contributed by atoms with Gasteiger partial charge in [0, 0.05) is 18.3 Å². The van der Waals surface area contributed by atoms with Gasteiger partial charge in [-0.05, 0) is 53.6 Å². The van der Waals surface area contributed by atoms with Gasteiger partial charge in [0.15, 0.2) is 0 Å². The van der Waals surface area contributed by atoms with Crippen molar-refractivity contribution >= 4 is 28.1 Å². The molecule has 0 fully saturated rings. The minimum atomic E-state index is -0.575. The Morgan fingerprint density at radius 2 is 1.86 bits per heavy atom. The predicted molar refractivity (Wildman–Crippen MR) is 136 cm³/mol. The van der Waals surface area contributed by atoms with Crippen LogP contribution in [-0.4, -0.2) is 32.3 Å². The lowest BCUT2D eigenvalue weighted by molar-refractivity contribution is 0.0600. The van der Waals surface area contributed by atoms with Crippen molar-refractivity contribution < 1.29 is 18.7 Å². The average Bonchev–Trinajstić information content (AvgIpc) is 2.90. The molecule has 0 spiro atoms. The molecule has 5 rings (SSSR count). The number of rotatable bonds is 6. The molecule has 0 saturated carbocycles. The van der Waals surface area contributed by atoms with Gasteiger partial charge in [0.2, 0.25) is 0 Å². The molecule has 0 saturated heterocycles. The fourth-order valence-corrected chi connectivity index (χ4v) is 4.66. The van der Waals surface area contributed by atoms with Crippen LogP contribution in [0, 0.1) is 5.82 Å². The summed E-state index contributed by atoms with van der Waals surface area (Å²) in [6.45, 7) is 3.23. The third-order valence-corrected chi connectivity index (χ3v) is 6.39. The van der Waals surface area contributed by atoms with Crippen LogP contribution in [0.15, 0.2) is 84.9 Å². The summed E-state index contributed by atoms with van der Waals surface area (Å²) in [6.07, 6.45) is -0.188. The molecule has 0 aromatic heterocycles. The molecule has 0 aliphatic carbocycles. The van der Waals surface area contributed by atoms with E-state index >= 15 is 0 Å². The van der Waals surface area contributed by atoms with E-state index in [9.17, 15) is 9.18 Å². The third-order valence-electron chi connectivity index (χ3n) is 6.39. The highest BCUT2D eigenvalue weighted by Gasteiger charge is 2.28. The Kier molecular flexibility index (Phi) is 6.38. The normalized spacial score (nSPS) is 15.9. The van der Waals surface area contributed by atoms with Crippen LogP contribution in [0.4, 0.5) is 15.8 Å². The molecule has 6 heteroatoms. The summed E-state index contributed by atoms with van der Waals surface area (Å²) in [6, 6.07) is 26.7. The summed E-state index contributed by atoms with van der Waals surface area (Å²) in [5.74, 6) is -0.354. The van der Waals surface area contributed by atoms with E-state index in [0.29, 0.717) is 24.5 Å². The Hall–Kier alpha value is -3.90.